The van der Waals surface area contributed by atoms with Crippen LogP contribution in [0.5, 0.6) is 0 Å². The second-order valence-corrected chi connectivity index (χ2v) is 15.5. The highest BCUT2D eigenvalue weighted by atomic mass is 35.5. The summed E-state index contributed by atoms with van der Waals surface area (Å²) < 4.78 is 46.5. The number of benzene rings is 2. The van der Waals surface area contributed by atoms with E-state index in [4.69, 9.17) is 21.8 Å². The third kappa shape index (κ3) is 7.70. The van der Waals surface area contributed by atoms with Gasteiger partial charge in [0.05, 0.1) is 22.3 Å². The Hall–Kier alpha value is -3.44. The lowest BCUT2D eigenvalue weighted by Crippen LogP contribution is -2.54. The van der Waals surface area contributed by atoms with Crippen LogP contribution in [0.4, 0.5) is 13.2 Å². The second kappa shape index (κ2) is 14.5. The number of carbonyl (C=O) groups is 2. The second-order valence-electron chi connectivity index (χ2n) is 15.1. The number of β-amino-alcohol motifs (C(OH)–C–C–N with tert-alkyl or cyclic N) is 1. The highest BCUT2D eigenvalue weighted by molar-refractivity contribution is 6.33. The first-order valence-electron chi connectivity index (χ1n) is 17.8. The maximum Gasteiger partial charge on any atom is 0.416 e. The Morgan fingerprint density at radius 3 is 2.49 bits per heavy atom. The van der Waals surface area contributed by atoms with E-state index in [-0.39, 0.29) is 39.8 Å². The van der Waals surface area contributed by atoms with E-state index < -0.39 is 34.6 Å². The van der Waals surface area contributed by atoms with E-state index in [1.807, 2.05) is 12.1 Å². The van der Waals surface area contributed by atoms with Crippen LogP contribution in [0.3, 0.4) is 0 Å². The number of hydrogen-bond acceptors (Lipinski definition) is 6. The molecule has 2 aromatic carbocycles. The van der Waals surface area contributed by atoms with Crippen molar-refractivity contribution in [1.29, 1.82) is 0 Å². The summed E-state index contributed by atoms with van der Waals surface area (Å²) in [6.45, 7) is 5.93. The zero-order valence-electron chi connectivity index (χ0n) is 29.1. The van der Waals surface area contributed by atoms with Gasteiger partial charge in [0.25, 0.3) is 0 Å². The Morgan fingerprint density at radius 2 is 1.78 bits per heavy atom. The molecule has 3 aromatic rings. The molecular weight excluding hydrogens is 681 g/mol. The number of aliphatic hydroxyl groups is 2. The van der Waals surface area contributed by atoms with Gasteiger partial charge >= 0.3 is 6.18 Å². The number of amides is 1. The average Bonchev–Trinajstić information content (AvgIpc) is 3.66. The van der Waals surface area contributed by atoms with Crippen LogP contribution in [0, 0.1) is 11.3 Å². The number of fused-ring (bicyclic) bond motifs is 8. The van der Waals surface area contributed by atoms with Crippen molar-refractivity contribution in [3.63, 3.8) is 0 Å². The zero-order valence-corrected chi connectivity index (χ0v) is 29.8. The summed E-state index contributed by atoms with van der Waals surface area (Å²) >= 11 is 6.30. The third-order valence-electron chi connectivity index (χ3n) is 11.8. The van der Waals surface area contributed by atoms with Gasteiger partial charge in [-0.2, -0.15) is 13.2 Å². The van der Waals surface area contributed by atoms with E-state index in [0.717, 1.165) is 35.7 Å². The van der Waals surface area contributed by atoms with Gasteiger partial charge in [-0.15, -0.1) is 0 Å². The third-order valence-corrected chi connectivity index (χ3v) is 12.1. The van der Waals surface area contributed by atoms with Crippen LogP contribution >= 0.6 is 11.6 Å². The monoisotopic (exact) mass is 726 g/mol. The van der Waals surface area contributed by atoms with Gasteiger partial charge in [-0.25, -0.2) is 0 Å². The number of nitrogens with two attached hydrogens (primary N) is 1. The molecule has 4 atom stereocenters. The summed E-state index contributed by atoms with van der Waals surface area (Å²) in [6.07, 6.45) is 2.39. The summed E-state index contributed by atoms with van der Waals surface area (Å²) in [7, 11) is 0. The van der Waals surface area contributed by atoms with E-state index in [9.17, 15) is 33.0 Å². The molecule has 2 bridgehead atoms. The van der Waals surface area contributed by atoms with Crippen LogP contribution in [0.25, 0.3) is 11.3 Å². The molecule has 11 heteroatoms. The number of primary amides is 1. The topological polar surface area (TPSA) is 117 Å². The van der Waals surface area contributed by atoms with Crippen LogP contribution in [0.15, 0.2) is 64.6 Å². The first kappa shape index (κ1) is 37.3. The van der Waals surface area contributed by atoms with Gasteiger partial charge in [0, 0.05) is 29.0 Å². The minimum atomic E-state index is -4.59. The van der Waals surface area contributed by atoms with Gasteiger partial charge in [0.2, 0.25) is 11.7 Å². The molecule has 7 nitrogen and oxygen atoms in total. The van der Waals surface area contributed by atoms with Crippen LogP contribution in [0.1, 0.15) is 104 Å². The van der Waals surface area contributed by atoms with E-state index in [1.54, 1.807) is 6.07 Å². The molecule has 7 rings (SSSR count). The van der Waals surface area contributed by atoms with Crippen molar-refractivity contribution in [2.75, 3.05) is 19.6 Å². The number of ketones is 1. The maximum absolute atomic E-state index is 14.4. The summed E-state index contributed by atoms with van der Waals surface area (Å²) in [5.41, 5.74) is 6.07. The van der Waals surface area contributed by atoms with Crippen molar-refractivity contribution in [3.05, 3.63) is 93.2 Å². The lowest BCUT2D eigenvalue weighted by molar-refractivity contribution is -0.137. The Kier molecular flexibility index (Phi) is 10.6. The first-order valence-corrected chi connectivity index (χ1v) is 18.2. The molecule has 274 valence electrons. The van der Waals surface area contributed by atoms with Gasteiger partial charge in [0.1, 0.15) is 5.76 Å². The quantitative estimate of drug-likeness (QED) is 0.175. The molecule has 3 aliphatic carbocycles. The number of furan rings is 1. The van der Waals surface area contributed by atoms with Crippen LogP contribution in [-0.4, -0.2) is 58.1 Å². The summed E-state index contributed by atoms with van der Waals surface area (Å²) in [4.78, 5) is 28.5. The number of alkyl halides is 3. The predicted molar refractivity (Wildman–Crippen MR) is 189 cm³/mol. The minimum Gasteiger partial charge on any atom is -0.453 e. The van der Waals surface area contributed by atoms with E-state index in [2.05, 4.69) is 24.8 Å². The molecular formula is C40H46ClF3N2O5. The molecule has 4 N–H and O–H groups in total. The number of nitrogens with zero attached hydrogens (tertiary/aromatic N) is 1. The fourth-order valence-electron chi connectivity index (χ4n) is 8.57. The van der Waals surface area contributed by atoms with Crippen LogP contribution in [0.2, 0.25) is 5.02 Å². The highest BCUT2D eigenvalue weighted by Crippen LogP contribution is 2.59. The molecule has 0 radical (unpaired) electrons. The summed E-state index contributed by atoms with van der Waals surface area (Å²) in [6, 6.07) is 11.5. The molecule has 1 saturated heterocycles. The van der Waals surface area contributed by atoms with E-state index >= 15 is 0 Å². The predicted octanol–water partition coefficient (Wildman–Crippen LogP) is 8.09. The number of halogens is 4. The van der Waals surface area contributed by atoms with Crippen molar-refractivity contribution >= 4 is 23.3 Å². The molecule has 2 fully saturated rings. The summed E-state index contributed by atoms with van der Waals surface area (Å²) in [5, 5.41) is 23.6. The van der Waals surface area contributed by atoms with Crippen molar-refractivity contribution in [2.24, 2.45) is 17.1 Å². The SMILES string of the molecule is CC1=CCCC2(C)C(CCC2(O)CN2CCC(C(N)=O)CC2)c2ccc(cc2C(=O)c2ccc(-c3cc(C(F)(F)F)ccc3Cl)o2)CC(O)CC1. The Morgan fingerprint density at radius 1 is 1.04 bits per heavy atom. The van der Waals surface area contributed by atoms with Gasteiger partial charge < -0.3 is 25.3 Å². The Bertz CT molecular complexity index is 1810. The number of allylic oxidation sites excluding steroid dienone is 2. The van der Waals surface area contributed by atoms with Crippen molar-refractivity contribution in [2.45, 2.75) is 95.4 Å². The van der Waals surface area contributed by atoms with Gasteiger partial charge in [-0.05, 0) is 131 Å². The van der Waals surface area contributed by atoms with E-state index in [1.165, 1.54) is 17.7 Å². The molecule has 1 aliphatic heterocycles. The molecule has 2 heterocycles. The fraction of sp³-hybridized carbons (Fsp3) is 0.500. The van der Waals surface area contributed by atoms with Crippen LogP contribution < -0.4 is 5.73 Å². The smallest absolute Gasteiger partial charge is 0.416 e. The number of rotatable bonds is 6. The Balaban J connectivity index is 1.38. The first-order chi connectivity index (χ1) is 24.1. The molecule has 1 aromatic heterocycles. The number of aliphatic hydroxyl groups excluding tert-OH is 1. The number of likely N-dealkylation sites (tertiary alicyclic amines) is 1. The van der Waals surface area contributed by atoms with Gasteiger partial charge in [-0.3, -0.25) is 9.59 Å². The normalized spacial score (nSPS) is 26.8. The number of hydrogen-bond donors (Lipinski definition) is 3. The van der Waals surface area contributed by atoms with Crippen molar-refractivity contribution < 1.29 is 37.4 Å². The lowest BCUT2D eigenvalue weighted by atomic mass is 9.64. The Labute approximate surface area is 301 Å². The molecule has 4 aliphatic rings. The average molecular weight is 727 g/mol. The zero-order chi connectivity index (χ0) is 36.7. The van der Waals surface area contributed by atoms with Crippen LogP contribution in [-0.2, 0) is 17.4 Å². The molecule has 1 amide bonds. The van der Waals surface area contributed by atoms with Gasteiger partial charge in [-0.1, -0.05) is 42.3 Å². The minimum absolute atomic E-state index is 0.0220. The van der Waals surface area contributed by atoms with Crippen molar-refractivity contribution in [1.82, 2.24) is 4.90 Å². The summed E-state index contributed by atoms with van der Waals surface area (Å²) in [5.74, 6) is -1.12. The largest absolute Gasteiger partial charge is 0.453 e. The van der Waals surface area contributed by atoms with E-state index in [0.29, 0.717) is 76.6 Å². The standard InChI is InChI=1S/C40H46ClF3N2O5/c1-24-4-3-16-38(2)32(13-17-39(38,50)23-46-18-14-26(15-19-46)37(45)49)29-9-6-25(20-28(47)8-5-24)21-30(29)36(48)35-12-11-34(51-35)31-22-27(40(42,43)44)7-10-33(31)41/h4,6-7,9-12,21-22,26,28,32,47,50H,3,5,8,13-20,23H2,1-2H3,(H2,45,49). The molecule has 1 saturated carbocycles. The molecule has 51 heavy (non-hydrogen) atoms. The fourth-order valence-corrected chi connectivity index (χ4v) is 8.78. The number of carbonyl (C=O) groups excluding carboxylic acids is 2. The highest BCUT2D eigenvalue weighted by Gasteiger charge is 2.57. The van der Waals surface area contributed by atoms with Crippen molar-refractivity contribution in [3.8, 4) is 11.3 Å². The maximum atomic E-state index is 14.4. The number of piperidine rings is 1. The lowest BCUT2D eigenvalue weighted by Gasteiger charge is -2.47. The molecule has 0 spiro atoms. The van der Waals surface area contributed by atoms with Gasteiger partial charge in [0.15, 0.2) is 5.76 Å². The molecule has 4 unspecified atom stereocenters.